The zero-order valence-corrected chi connectivity index (χ0v) is 16.3. The third kappa shape index (κ3) is 3.95. The molecule has 0 aliphatic rings. The van der Waals surface area contributed by atoms with E-state index in [-0.39, 0.29) is 16.5 Å². The number of azo groups is 1. The minimum Gasteiger partial charge on any atom is -0.493 e. The molecule has 3 aromatic rings. The standard InChI is InChI=1S/C19H20N4O4S/c1-3-23-16-10-9-13(2)11-15(16)18(19(23)25)22-21-17(24)12-20-28(26,27)14-7-5-4-6-8-14/h4-11,20,25H,3,12H2,1-2H3. The van der Waals surface area contributed by atoms with Crippen molar-refractivity contribution in [3.8, 4) is 5.88 Å². The predicted octanol–water partition coefficient (Wildman–Crippen LogP) is 3.26. The van der Waals surface area contributed by atoms with Crippen LogP contribution in [0.15, 0.2) is 63.7 Å². The van der Waals surface area contributed by atoms with Crippen LogP contribution in [0.2, 0.25) is 0 Å². The molecule has 2 N–H and O–H groups in total. The molecule has 2 aromatic carbocycles. The third-order valence-corrected chi connectivity index (χ3v) is 5.63. The number of nitrogens with one attached hydrogen (secondary N) is 1. The molecular formula is C19H20N4O4S. The van der Waals surface area contributed by atoms with Crippen LogP contribution in [0.4, 0.5) is 5.69 Å². The molecule has 0 unspecified atom stereocenters. The smallest absolute Gasteiger partial charge is 0.279 e. The van der Waals surface area contributed by atoms with E-state index in [0.29, 0.717) is 11.9 Å². The first-order valence-electron chi connectivity index (χ1n) is 8.64. The molecule has 8 nitrogen and oxygen atoms in total. The van der Waals surface area contributed by atoms with E-state index in [2.05, 4.69) is 15.0 Å². The molecule has 0 saturated heterocycles. The number of aryl methyl sites for hydroxylation is 2. The molecule has 146 valence electrons. The Kier molecular flexibility index (Phi) is 5.57. The Balaban J connectivity index is 1.80. The quantitative estimate of drug-likeness (QED) is 0.618. The summed E-state index contributed by atoms with van der Waals surface area (Å²) in [5, 5.41) is 18.5. The largest absolute Gasteiger partial charge is 0.493 e. The van der Waals surface area contributed by atoms with Gasteiger partial charge in [0.15, 0.2) is 5.69 Å². The van der Waals surface area contributed by atoms with Gasteiger partial charge in [-0.05, 0) is 38.1 Å². The van der Waals surface area contributed by atoms with Crippen molar-refractivity contribution in [3.63, 3.8) is 0 Å². The Morgan fingerprint density at radius 3 is 2.57 bits per heavy atom. The van der Waals surface area contributed by atoms with Crippen LogP contribution < -0.4 is 4.72 Å². The fourth-order valence-electron chi connectivity index (χ4n) is 2.84. The van der Waals surface area contributed by atoms with Crippen LogP contribution in [-0.2, 0) is 21.4 Å². The summed E-state index contributed by atoms with van der Waals surface area (Å²) in [5.74, 6) is -0.867. The van der Waals surface area contributed by atoms with E-state index >= 15 is 0 Å². The highest BCUT2D eigenvalue weighted by molar-refractivity contribution is 7.89. The van der Waals surface area contributed by atoms with Gasteiger partial charge in [0.1, 0.15) is 0 Å². The summed E-state index contributed by atoms with van der Waals surface area (Å²) in [6.07, 6.45) is 0. The molecule has 1 heterocycles. The number of rotatable bonds is 6. The summed E-state index contributed by atoms with van der Waals surface area (Å²) in [7, 11) is -3.81. The van der Waals surface area contributed by atoms with Crippen molar-refractivity contribution in [2.75, 3.05) is 6.54 Å². The Hall–Kier alpha value is -3.04. The zero-order valence-electron chi connectivity index (χ0n) is 15.5. The summed E-state index contributed by atoms with van der Waals surface area (Å²) in [6, 6.07) is 13.3. The van der Waals surface area contributed by atoms with E-state index < -0.39 is 22.5 Å². The van der Waals surface area contributed by atoms with Crippen molar-refractivity contribution in [1.82, 2.24) is 9.29 Å². The van der Waals surface area contributed by atoms with E-state index in [9.17, 15) is 18.3 Å². The molecule has 0 atom stereocenters. The van der Waals surface area contributed by atoms with Gasteiger partial charge in [-0.3, -0.25) is 4.79 Å². The Morgan fingerprint density at radius 1 is 1.18 bits per heavy atom. The van der Waals surface area contributed by atoms with Gasteiger partial charge in [-0.25, -0.2) is 13.1 Å². The molecule has 9 heteroatoms. The summed E-state index contributed by atoms with van der Waals surface area (Å²) in [5.41, 5.74) is 1.93. The van der Waals surface area contributed by atoms with E-state index in [1.807, 2.05) is 32.0 Å². The fraction of sp³-hybridized carbons (Fsp3) is 0.211. The first-order chi connectivity index (χ1) is 13.3. The molecule has 1 amide bonds. The van der Waals surface area contributed by atoms with Crippen molar-refractivity contribution in [2.45, 2.75) is 25.3 Å². The van der Waals surface area contributed by atoms with Crippen molar-refractivity contribution in [3.05, 3.63) is 54.1 Å². The van der Waals surface area contributed by atoms with Gasteiger partial charge in [-0.15, -0.1) is 10.2 Å². The van der Waals surface area contributed by atoms with Gasteiger partial charge in [0.25, 0.3) is 5.91 Å². The van der Waals surface area contributed by atoms with Gasteiger partial charge in [0, 0.05) is 11.9 Å². The molecule has 28 heavy (non-hydrogen) atoms. The third-order valence-electron chi connectivity index (χ3n) is 4.21. The molecule has 0 saturated carbocycles. The lowest BCUT2D eigenvalue weighted by atomic mass is 10.1. The number of amides is 1. The summed E-state index contributed by atoms with van der Waals surface area (Å²) in [4.78, 5) is 12.1. The number of hydrogen-bond donors (Lipinski definition) is 2. The number of carbonyl (C=O) groups is 1. The van der Waals surface area contributed by atoms with Crippen LogP contribution in [0, 0.1) is 6.92 Å². The van der Waals surface area contributed by atoms with Crippen LogP contribution in [-0.4, -0.2) is 30.5 Å². The summed E-state index contributed by atoms with van der Waals surface area (Å²) < 4.78 is 28.1. The molecule has 0 spiro atoms. The molecule has 0 aliphatic carbocycles. The maximum atomic E-state index is 12.1. The Morgan fingerprint density at radius 2 is 1.89 bits per heavy atom. The first-order valence-corrected chi connectivity index (χ1v) is 10.1. The molecule has 3 rings (SSSR count). The average molecular weight is 400 g/mol. The Labute approximate surface area is 162 Å². The number of aromatic nitrogens is 1. The summed E-state index contributed by atoms with van der Waals surface area (Å²) >= 11 is 0. The average Bonchev–Trinajstić information content (AvgIpc) is 2.95. The highest BCUT2D eigenvalue weighted by atomic mass is 32.2. The van der Waals surface area contributed by atoms with Crippen molar-refractivity contribution >= 4 is 32.5 Å². The lowest BCUT2D eigenvalue weighted by molar-refractivity contribution is -0.117. The first kappa shape index (κ1) is 19.7. The topological polar surface area (TPSA) is 113 Å². The number of carbonyl (C=O) groups excluding carboxylic acids is 1. The van der Waals surface area contributed by atoms with Gasteiger partial charge in [0.2, 0.25) is 15.9 Å². The number of benzene rings is 2. The highest BCUT2D eigenvalue weighted by Crippen LogP contribution is 2.39. The monoisotopic (exact) mass is 400 g/mol. The second-order valence-corrected chi connectivity index (χ2v) is 7.94. The molecule has 0 aliphatic heterocycles. The minimum absolute atomic E-state index is 0.0545. The van der Waals surface area contributed by atoms with Crippen LogP contribution >= 0.6 is 0 Å². The van der Waals surface area contributed by atoms with E-state index in [1.54, 1.807) is 22.8 Å². The fourth-order valence-corrected chi connectivity index (χ4v) is 3.83. The predicted molar refractivity (Wildman–Crippen MR) is 105 cm³/mol. The van der Waals surface area contributed by atoms with Crippen LogP contribution in [0.1, 0.15) is 12.5 Å². The number of aromatic hydroxyl groups is 1. The van der Waals surface area contributed by atoms with E-state index in [0.717, 1.165) is 11.1 Å². The molecule has 0 bridgehead atoms. The van der Waals surface area contributed by atoms with Crippen LogP contribution in [0.5, 0.6) is 5.88 Å². The lowest BCUT2D eigenvalue weighted by Gasteiger charge is -2.03. The number of hydrogen-bond acceptors (Lipinski definition) is 5. The second kappa shape index (κ2) is 7.91. The van der Waals surface area contributed by atoms with Gasteiger partial charge < -0.3 is 9.67 Å². The Bertz CT molecular complexity index is 1150. The molecule has 1 aromatic heterocycles. The minimum atomic E-state index is -3.81. The van der Waals surface area contributed by atoms with E-state index in [1.165, 1.54) is 12.1 Å². The zero-order chi connectivity index (χ0) is 20.3. The van der Waals surface area contributed by atoms with Gasteiger partial charge in [-0.2, -0.15) is 0 Å². The maximum Gasteiger partial charge on any atom is 0.279 e. The maximum absolute atomic E-state index is 12.1. The van der Waals surface area contributed by atoms with Gasteiger partial charge >= 0.3 is 0 Å². The summed E-state index contributed by atoms with van der Waals surface area (Å²) in [6.45, 7) is 3.77. The lowest BCUT2D eigenvalue weighted by Crippen LogP contribution is -2.28. The van der Waals surface area contributed by atoms with Crippen LogP contribution in [0.3, 0.4) is 0 Å². The SMILES string of the molecule is CCn1c(O)c(N=NC(=O)CNS(=O)(=O)c2ccccc2)c2cc(C)ccc21. The molecular weight excluding hydrogens is 380 g/mol. The van der Waals surface area contributed by atoms with Gasteiger partial charge in [-0.1, -0.05) is 29.8 Å². The van der Waals surface area contributed by atoms with Crippen LogP contribution in [0.25, 0.3) is 10.9 Å². The number of fused-ring (bicyclic) bond motifs is 1. The highest BCUT2D eigenvalue weighted by Gasteiger charge is 2.17. The van der Waals surface area contributed by atoms with Crippen molar-refractivity contribution < 1.29 is 18.3 Å². The number of sulfonamides is 1. The number of nitrogens with zero attached hydrogens (tertiary/aromatic N) is 3. The molecule has 0 radical (unpaired) electrons. The van der Waals surface area contributed by atoms with E-state index in [4.69, 9.17) is 0 Å². The molecule has 0 fully saturated rings. The second-order valence-electron chi connectivity index (χ2n) is 6.17. The van der Waals surface area contributed by atoms with Crippen molar-refractivity contribution in [2.24, 2.45) is 10.2 Å². The van der Waals surface area contributed by atoms with Gasteiger partial charge in [0.05, 0.1) is 17.0 Å². The van der Waals surface area contributed by atoms with Crippen molar-refractivity contribution in [1.29, 1.82) is 0 Å². The normalized spacial score (nSPS) is 12.1.